The Hall–Kier alpha value is -0.120. The van der Waals surface area contributed by atoms with Gasteiger partial charge in [-0.2, -0.15) is 0 Å². The minimum Gasteiger partial charge on any atom is -0.394 e. The smallest absolute Gasteiger partial charge is 0.0775 e. The molecule has 0 saturated carbocycles. The first-order valence-corrected chi connectivity index (χ1v) is 3.68. The van der Waals surface area contributed by atoms with Gasteiger partial charge in [-0.1, -0.05) is 0 Å². The molecule has 3 heteroatoms. The first-order chi connectivity index (χ1) is 4.67. The van der Waals surface area contributed by atoms with Gasteiger partial charge in [-0.15, -0.1) is 0 Å². The highest BCUT2D eigenvalue weighted by molar-refractivity contribution is 4.89. The summed E-state index contributed by atoms with van der Waals surface area (Å²) >= 11 is 0. The van der Waals surface area contributed by atoms with Gasteiger partial charge in [0.2, 0.25) is 0 Å². The van der Waals surface area contributed by atoms with Crippen molar-refractivity contribution in [1.82, 2.24) is 0 Å². The third-order valence-corrected chi connectivity index (χ3v) is 2.01. The van der Waals surface area contributed by atoms with Crippen molar-refractivity contribution >= 4 is 0 Å². The van der Waals surface area contributed by atoms with Crippen LogP contribution in [0.5, 0.6) is 0 Å². The topological polar surface area (TPSA) is 55.5 Å². The van der Waals surface area contributed by atoms with Crippen molar-refractivity contribution in [3.8, 4) is 0 Å². The molecule has 2 unspecified atom stereocenters. The first kappa shape index (κ1) is 7.98. The normalized spacial score (nSPS) is 32.1. The molecule has 60 valence electrons. The summed E-state index contributed by atoms with van der Waals surface area (Å²) in [5, 5.41) is 8.85. The van der Waals surface area contributed by atoms with E-state index in [-0.39, 0.29) is 12.7 Å². The highest BCUT2D eigenvalue weighted by atomic mass is 16.5. The number of rotatable bonds is 2. The molecule has 1 aliphatic rings. The molecule has 1 aliphatic heterocycles. The van der Waals surface area contributed by atoms with E-state index < -0.39 is 5.54 Å². The average molecular weight is 145 g/mol. The molecule has 0 aromatic heterocycles. The van der Waals surface area contributed by atoms with E-state index in [4.69, 9.17) is 15.6 Å². The molecule has 2 atom stereocenters. The van der Waals surface area contributed by atoms with Crippen molar-refractivity contribution in [3.63, 3.8) is 0 Å². The minimum atomic E-state index is -0.545. The minimum absolute atomic E-state index is 0.00231. The number of hydrogen-bond donors (Lipinski definition) is 2. The van der Waals surface area contributed by atoms with E-state index >= 15 is 0 Å². The van der Waals surface area contributed by atoms with Crippen LogP contribution in [0.4, 0.5) is 0 Å². The summed E-state index contributed by atoms with van der Waals surface area (Å²) in [5.41, 5.74) is 5.20. The highest BCUT2D eigenvalue weighted by Gasteiger charge is 2.32. The second-order valence-electron chi connectivity index (χ2n) is 3.17. The predicted octanol–water partition coefficient (Wildman–Crippen LogP) is -0.125. The van der Waals surface area contributed by atoms with Gasteiger partial charge in [-0.25, -0.2) is 0 Å². The van der Waals surface area contributed by atoms with Crippen molar-refractivity contribution in [2.45, 2.75) is 31.4 Å². The Morgan fingerprint density at radius 2 is 2.50 bits per heavy atom. The molecule has 0 bridgehead atoms. The molecule has 0 aromatic carbocycles. The van der Waals surface area contributed by atoms with Gasteiger partial charge in [-0.05, 0) is 19.8 Å². The summed E-state index contributed by atoms with van der Waals surface area (Å²) in [6.07, 6.45) is 2.10. The van der Waals surface area contributed by atoms with Gasteiger partial charge < -0.3 is 15.6 Å². The van der Waals surface area contributed by atoms with Crippen LogP contribution in [0.2, 0.25) is 0 Å². The number of ether oxygens (including phenoxy) is 1. The van der Waals surface area contributed by atoms with Crippen LogP contribution < -0.4 is 5.73 Å². The van der Waals surface area contributed by atoms with Crippen molar-refractivity contribution < 1.29 is 9.84 Å². The average Bonchev–Trinajstić information content (AvgIpc) is 2.38. The summed E-state index contributed by atoms with van der Waals surface area (Å²) in [7, 11) is 0. The summed E-state index contributed by atoms with van der Waals surface area (Å²) in [5.74, 6) is 0. The van der Waals surface area contributed by atoms with Crippen LogP contribution in [0.3, 0.4) is 0 Å². The Bertz CT molecular complexity index is 108. The quantitative estimate of drug-likeness (QED) is 0.569. The molecule has 0 aromatic rings. The van der Waals surface area contributed by atoms with Crippen molar-refractivity contribution in [1.29, 1.82) is 0 Å². The maximum absolute atomic E-state index is 8.85. The molecule has 0 aliphatic carbocycles. The van der Waals surface area contributed by atoms with Crippen LogP contribution >= 0.6 is 0 Å². The van der Waals surface area contributed by atoms with Crippen LogP contribution in [0.1, 0.15) is 19.8 Å². The summed E-state index contributed by atoms with van der Waals surface area (Å²) in [4.78, 5) is 0. The fourth-order valence-corrected chi connectivity index (χ4v) is 1.20. The third-order valence-electron chi connectivity index (χ3n) is 2.01. The molecular formula is C7H15NO2. The van der Waals surface area contributed by atoms with Crippen LogP contribution in [-0.2, 0) is 4.74 Å². The SMILES string of the molecule is CC(N)(CO)C1CCCO1. The molecular weight excluding hydrogens is 130 g/mol. The Balaban J connectivity index is 2.45. The summed E-state index contributed by atoms with van der Waals surface area (Å²) in [6.45, 7) is 2.61. The lowest BCUT2D eigenvalue weighted by atomic mass is 9.95. The first-order valence-electron chi connectivity index (χ1n) is 3.68. The molecule has 1 rings (SSSR count). The summed E-state index contributed by atoms with van der Waals surface area (Å²) < 4.78 is 5.32. The largest absolute Gasteiger partial charge is 0.394 e. The molecule has 0 amide bonds. The van der Waals surface area contributed by atoms with E-state index in [1.165, 1.54) is 0 Å². The number of hydrogen-bond acceptors (Lipinski definition) is 3. The van der Waals surface area contributed by atoms with Crippen molar-refractivity contribution in [3.05, 3.63) is 0 Å². The standard InChI is InChI=1S/C7H15NO2/c1-7(8,5-9)6-3-2-4-10-6/h6,9H,2-5,8H2,1H3. The van der Waals surface area contributed by atoms with Gasteiger partial charge in [0.05, 0.1) is 18.2 Å². The molecule has 0 spiro atoms. The molecule has 0 radical (unpaired) electrons. The van der Waals surface area contributed by atoms with Crippen molar-refractivity contribution in [2.24, 2.45) is 5.73 Å². The Labute approximate surface area is 61.2 Å². The second-order valence-corrected chi connectivity index (χ2v) is 3.17. The highest BCUT2D eigenvalue weighted by Crippen LogP contribution is 2.21. The predicted molar refractivity (Wildman–Crippen MR) is 38.7 cm³/mol. The van der Waals surface area contributed by atoms with E-state index in [0.29, 0.717) is 0 Å². The van der Waals surface area contributed by atoms with E-state index in [1.807, 2.05) is 6.92 Å². The van der Waals surface area contributed by atoms with E-state index in [2.05, 4.69) is 0 Å². The Kier molecular flexibility index (Phi) is 2.28. The zero-order valence-electron chi connectivity index (χ0n) is 6.34. The Morgan fingerprint density at radius 1 is 1.80 bits per heavy atom. The second kappa shape index (κ2) is 2.86. The molecule has 1 saturated heterocycles. The van der Waals surface area contributed by atoms with Gasteiger partial charge in [-0.3, -0.25) is 0 Å². The van der Waals surface area contributed by atoms with Crippen molar-refractivity contribution in [2.75, 3.05) is 13.2 Å². The molecule has 1 fully saturated rings. The van der Waals surface area contributed by atoms with Gasteiger partial charge in [0, 0.05) is 6.61 Å². The summed E-state index contributed by atoms with van der Waals surface area (Å²) in [6, 6.07) is 0. The van der Waals surface area contributed by atoms with E-state index in [0.717, 1.165) is 19.4 Å². The van der Waals surface area contributed by atoms with Crippen LogP contribution in [0, 0.1) is 0 Å². The van der Waals surface area contributed by atoms with Crippen LogP contribution in [0.15, 0.2) is 0 Å². The van der Waals surface area contributed by atoms with Gasteiger partial charge >= 0.3 is 0 Å². The maximum atomic E-state index is 8.85. The number of aliphatic hydroxyl groups is 1. The molecule has 1 heterocycles. The van der Waals surface area contributed by atoms with Gasteiger partial charge in [0.1, 0.15) is 0 Å². The fraction of sp³-hybridized carbons (Fsp3) is 1.00. The zero-order chi connectivity index (χ0) is 7.61. The lowest BCUT2D eigenvalue weighted by Gasteiger charge is -2.27. The van der Waals surface area contributed by atoms with Gasteiger partial charge in [0.25, 0.3) is 0 Å². The maximum Gasteiger partial charge on any atom is 0.0775 e. The lowest BCUT2D eigenvalue weighted by molar-refractivity contribution is 0.0261. The Morgan fingerprint density at radius 3 is 2.90 bits per heavy atom. The van der Waals surface area contributed by atoms with E-state index in [9.17, 15) is 0 Å². The lowest BCUT2D eigenvalue weighted by Crippen LogP contribution is -2.50. The number of aliphatic hydroxyl groups excluding tert-OH is 1. The molecule has 3 N–H and O–H groups in total. The van der Waals surface area contributed by atoms with E-state index in [1.54, 1.807) is 0 Å². The zero-order valence-corrected chi connectivity index (χ0v) is 6.34. The monoisotopic (exact) mass is 145 g/mol. The fourth-order valence-electron chi connectivity index (χ4n) is 1.20. The number of nitrogens with two attached hydrogens (primary N) is 1. The molecule has 10 heavy (non-hydrogen) atoms. The van der Waals surface area contributed by atoms with Gasteiger partial charge in [0.15, 0.2) is 0 Å². The molecule has 3 nitrogen and oxygen atoms in total. The van der Waals surface area contributed by atoms with Crippen LogP contribution in [-0.4, -0.2) is 30.0 Å². The third kappa shape index (κ3) is 1.48. The van der Waals surface area contributed by atoms with Crippen LogP contribution in [0.25, 0.3) is 0 Å².